The van der Waals surface area contributed by atoms with Gasteiger partial charge in [-0.05, 0) is 11.6 Å². The van der Waals surface area contributed by atoms with Gasteiger partial charge < -0.3 is 10.4 Å². The minimum Gasteiger partial charge on any atom is -0.480 e. The topological polar surface area (TPSA) is 79.3 Å². The predicted octanol–water partition coefficient (Wildman–Crippen LogP) is 2.00. The molecule has 0 bridgehead atoms. The standard InChI is InChI=1S/C15H14F2N2O3/c16-12(17)8-11(15(21)22)19-13(20)7-10-4-1-3-9-5-2-6-18-14(9)10/h1-6,11-12H,7-8H2,(H,19,20)(H,21,22). The van der Waals surface area contributed by atoms with Crippen molar-refractivity contribution in [1.82, 2.24) is 10.3 Å². The minimum absolute atomic E-state index is 0.124. The number of rotatable bonds is 6. The molecule has 7 heteroatoms. The molecule has 1 aromatic carbocycles. The highest BCUT2D eigenvalue weighted by Gasteiger charge is 2.24. The van der Waals surface area contributed by atoms with E-state index in [1.54, 1.807) is 24.4 Å². The third-order valence-electron chi connectivity index (χ3n) is 3.11. The first-order chi connectivity index (χ1) is 10.5. The molecule has 1 amide bonds. The highest BCUT2D eigenvalue weighted by Crippen LogP contribution is 2.16. The lowest BCUT2D eigenvalue weighted by Gasteiger charge is -2.14. The molecule has 0 radical (unpaired) electrons. The lowest BCUT2D eigenvalue weighted by atomic mass is 10.1. The van der Waals surface area contributed by atoms with E-state index in [0.717, 1.165) is 5.39 Å². The first-order valence-corrected chi connectivity index (χ1v) is 6.60. The van der Waals surface area contributed by atoms with Crippen LogP contribution in [0.15, 0.2) is 36.5 Å². The van der Waals surface area contributed by atoms with E-state index in [9.17, 15) is 18.4 Å². The second kappa shape index (κ2) is 6.93. The maximum atomic E-state index is 12.3. The Labute approximate surface area is 125 Å². The van der Waals surface area contributed by atoms with Gasteiger partial charge in [0.1, 0.15) is 6.04 Å². The van der Waals surface area contributed by atoms with Crippen LogP contribution in [0.1, 0.15) is 12.0 Å². The monoisotopic (exact) mass is 308 g/mol. The van der Waals surface area contributed by atoms with Crippen LogP contribution in [0, 0.1) is 0 Å². The van der Waals surface area contributed by atoms with Crippen LogP contribution in [0.4, 0.5) is 8.78 Å². The van der Waals surface area contributed by atoms with Gasteiger partial charge in [-0.15, -0.1) is 0 Å². The Hall–Kier alpha value is -2.57. The van der Waals surface area contributed by atoms with Crippen molar-refractivity contribution >= 4 is 22.8 Å². The van der Waals surface area contributed by atoms with Gasteiger partial charge in [0, 0.05) is 18.0 Å². The van der Waals surface area contributed by atoms with Crippen LogP contribution in [0.2, 0.25) is 0 Å². The Bertz CT molecular complexity index is 686. The van der Waals surface area contributed by atoms with Crippen molar-refractivity contribution in [2.75, 3.05) is 0 Å². The second-order valence-electron chi connectivity index (χ2n) is 4.75. The fourth-order valence-corrected chi connectivity index (χ4v) is 2.13. The number of para-hydroxylation sites is 1. The van der Waals surface area contributed by atoms with E-state index in [1.165, 1.54) is 0 Å². The molecule has 0 fully saturated rings. The molecule has 22 heavy (non-hydrogen) atoms. The first kappa shape index (κ1) is 15.8. The molecule has 1 atom stereocenters. The van der Waals surface area contributed by atoms with E-state index in [-0.39, 0.29) is 6.42 Å². The van der Waals surface area contributed by atoms with Gasteiger partial charge in [-0.1, -0.05) is 24.3 Å². The molecule has 1 unspecified atom stereocenters. The number of fused-ring (bicyclic) bond motifs is 1. The minimum atomic E-state index is -2.80. The summed E-state index contributed by atoms with van der Waals surface area (Å²) in [5.41, 5.74) is 1.23. The summed E-state index contributed by atoms with van der Waals surface area (Å²) >= 11 is 0. The number of benzene rings is 1. The number of alkyl halides is 2. The molecular formula is C15H14F2N2O3. The Kier molecular flexibility index (Phi) is 4.98. The zero-order valence-corrected chi connectivity index (χ0v) is 11.5. The summed E-state index contributed by atoms with van der Waals surface area (Å²) in [6, 6.07) is 7.27. The number of halogens is 2. The summed E-state index contributed by atoms with van der Waals surface area (Å²) in [5.74, 6) is -2.11. The van der Waals surface area contributed by atoms with Gasteiger partial charge in [0.25, 0.3) is 0 Å². The zero-order chi connectivity index (χ0) is 16.1. The maximum absolute atomic E-state index is 12.3. The van der Waals surface area contributed by atoms with Crippen LogP contribution in [0.3, 0.4) is 0 Å². The molecule has 0 spiro atoms. The van der Waals surface area contributed by atoms with Crippen molar-refractivity contribution in [2.24, 2.45) is 0 Å². The molecule has 2 rings (SSSR count). The number of carbonyl (C=O) groups excluding carboxylic acids is 1. The normalized spacial score (nSPS) is 12.3. The molecule has 116 valence electrons. The van der Waals surface area contributed by atoms with E-state index in [4.69, 9.17) is 5.11 Å². The molecule has 0 saturated heterocycles. The summed E-state index contributed by atoms with van der Waals surface area (Å²) < 4.78 is 24.6. The van der Waals surface area contributed by atoms with Gasteiger partial charge in [0.15, 0.2) is 0 Å². The Morgan fingerprint density at radius 1 is 1.23 bits per heavy atom. The molecule has 0 aliphatic rings. The lowest BCUT2D eigenvalue weighted by molar-refractivity contribution is -0.142. The average Bonchev–Trinajstić information content (AvgIpc) is 2.46. The molecule has 2 aromatic rings. The first-order valence-electron chi connectivity index (χ1n) is 6.60. The summed E-state index contributed by atoms with van der Waals surface area (Å²) in [4.78, 5) is 27.0. The zero-order valence-electron chi connectivity index (χ0n) is 11.5. The number of carboxylic acids is 1. The largest absolute Gasteiger partial charge is 0.480 e. The number of carbonyl (C=O) groups is 2. The highest BCUT2D eigenvalue weighted by atomic mass is 19.3. The summed E-state index contributed by atoms with van der Waals surface area (Å²) in [6.45, 7) is 0. The molecule has 0 aliphatic heterocycles. The highest BCUT2D eigenvalue weighted by molar-refractivity contribution is 5.89. The van der Waals surface area contributed by atoms with Crippen molar-refractivity contribution < 1.29 is 23.5 Å². The molecule has 0 aliphatic carbocycles. The fourth-order valence-electron chi connectivity index (χ4n) is 2.13. The number of aliphatic carboxylic acids is 1. The fraction of sp³-hybridized carbons (Fsp3) is 0.267. The van der Waals surface area contributed by atoms with E-state index < -0.39 is 30.8 Å². The molecular weight excluding hydrogens is 294 g/mol. The molecule has 5 nitrogen and oxygen atoms in total. The second-order valence-corrected chi connectivity index (χ2v) is 4.75. The Morgan fingerprint density at radius 3 is 2.64 bits per heavy atom. The molecule has 0 saturated carbocycles. The number of amides is 1. The predicted molar refractivity (Wildman–Crippen MR) is 75.6 cm³/mol. The number of nitrogens with zero attached hydrogens (tertiary/aromatic N) is 1. The average molecular weight is 308 g/mol. The van der Waals surface area contributed by atoms with Crippen molar-refractivity contribution in [3.8, 4) is 0 Å². The van der Waals surface area contributed by atoms with Crippen LogP contribution in [0.25, 0.3) is 10.9 Å². The third kappa shape index (κ3) is 3.97. The summed E-state index contributed by atoms with van der Waals surface area (Å²) in [6.07, 6.45) is -2.27. The van der Waals surface area contributed by atoms with Crippen LogP contribution in [-0.4, -0.2) is 34.4 Å². The number of pyridine rings is 1. The summed E-state index contributed by atoms with van der Waals surface area (Å²) in [5, 5.41) is 11.8. The van der Waals surface area contributed by atoms with Gasteiger partial charge >= 0.3 is 5.97 Å². The number of aromatic nitrogens is 1. The van der Waals surface area contributed by atoms with Gasteiger partial charge in [0.05, 0.1) is 11.9 Å². The van der Waals surface area contributed by atoms with Gasteiger partial charge in [0.2, 0.25) is 12.3 Å². The van der Waals surface area contributed by atoms with Crippen LogP contribution >= 0.6 is 0 Å². The van der Waals surface area contributed by atoms with Crippen molar-refractivity contribution in [2.45, 2.75) is 25.3 Å². The Balaban J connectivity index is 2.12. The van der Waals surface area contributed by atoms with E-state index >= 15 is 0 Å². The number of hydrogen-bond acceptors (Lipinski definition) is 3. The van der Waals surface area contributed by atoms with Crippen LogP contribution < -0.4 is 5.32 Å². The number of nitrogens with one attached hydrogen (secondary N) is 1. The van der Waals surface area contributed by atoms with Gasteiger partial charge in [-0.25, -0.2) is 13.6 Å². The third-order valence-corrected chi connectivity index (χ3v) is 3.11. The van der Waals surface area contributed by atoms with Crippen molar-refractivity contribution in [3.05, 3.63) is 42.1 Å². The Morgan fingerprint density at radius 2 is 1.95 bits per heavy atom. The molecule has 1 aromatic heterocycles. The molecule has 1 heterocycles. The van der Waals surface area contributed by atoms with Crippen LogP contribution in [-0.2, 0) is 16.0 Å². The number of hydrogen-bond donors (Lipinski definition) is 2. The van der Waals surface area contributed by atoms with Crippen molar-refractivity contribution in [1.29, 1.82) is 0 Å². The SMILES string of the molecule is O=C(Cc1cccc2cccnc12)NC(CC(F)F)C(=O)O. The molecule has 2 N–H and O–H groups in total. The van der Waals surface area contributed by atoms with Crippen molar-refractivity contribution in [3.63, 3.8) is 0 Å². The van der Waals surface area contributed by atoms with E-state index in [2.05, 4.69) is 10.3 Å². The van der Waals surface area contributed by atoms with E-state index in [0.29, 0.717) is 11.1 Å². The van der Waals surface area contributed by atoms with Gasteiger partial charge in [-0.2, -0.15) is 0 Å². The smallest absolute Gasteiger partial charge is 0.326 e. The van der Waals surface area contributed by atoms with Crippen LogP contribution in [0.5, 0.6) is 0 Å². The lowest BCUT2D eigenvalue weighted by Crippen LogP contribution is -2.42. The quantitative estimate of drug-likeness (QED) is 0.855. The van der Waals surface area contributed by atoms with Gasteiger partial charge in [-0.3, -0.25) is 9.78 Å². The van der Waals surface area contributed by atoms with E-state index in [1.807, 2.05) is 12.1 Å². The maximum Gasteiger partial charge on any atom is 0.326 e. The number of carboxylic acid groups (broad SMARTS) is 1. The summed E-state index contributed by atoms with van der Waals surface area (Å²) in [7, 11) is 0.